The summed E-state index contributed by atoms with van der Waals surface area (Å²) in [6.07, 6.45) is 0. The Hall–Kier alpha value is -2.97. The number of amides is 1. The van der Waals surface area contributed by atoms with Crippen molar-refractivity contribution in [2.24, 2.45) is 0 Å². The fourth-order valence-electron chi connectivity index (χ4n) is 1.33. The van der Waals surface area contributed by atoms with E-state index in [1.54, 1.807) is 0 Å². The van der Waals surface area contributed by atoms with Crippen LogP contribution in [0, 0.1) is 5.82 Å². The Balaban J connectivity index is 2.18. The Morgan fingerprint density at radius 1 is 1.42 bits per heavy atom. The van der Waals surface area contributed by atoms with Crippen LogP contribution >= 0.6 is 0 Å². The maximum atomic E-state index is 13.4. The number of anilines is 2. The van der Waals surface area contributed by atoms with Crippen LogP contribution in [0.4, 0.5) is 16.0 Å². The van der Waals surface area contributed by atoms with Gasteiger partial charge in [0.25, 0.3) is 5.91 Å². The predicted molar refractivity (Wildman–Crippen MR) is 62.1 cm³/mol. The van der Waals surface area contributed by atoms with E-state index in [-0.39, 0.29) is 17.5 Å². The number of benzene rings is 1. The van der Waals surface area contributed by atoms with Gasteiger partial charge in [-0.15, -0.1) is 5.10 Å². The molecule has 0 aliphatic heterocycles. The van der Waals surface area contributed by atoms with Gasteiger partial charge in [-0.3, -0.25) is 9.89 Å². The van der Waals surface area contributed by atoms with E-state index in [9.17, 15) is 14.0 Å². The van der Waals surface area contributed by atoms with Gasteiger partial charge in [0.1, 0.15) is 5.82 Å². The average Bonchev–Trinajstić information content (AvgIpc) is 2.75. The highest BCUT2D eigenvalue weighted by Crippen LogP contribution is 2.15. The summed E-state index contributed by atoms with van der Waals surface area (Å²) in [5.74, 6) is -3.26. The van der Waals surface area contributed by atoms with Crippen molar-refractivity contribution in [3.05, 3.63) is 35.4 Å². The highest BCUT2D eigenvalue weighted by molar-refractivity contribution is 6.01. The van der Waals surface area contributed by atoms with Crippen LogP contribution in [-0.4, -0.2) is 32.2 Å². The lowest BCUT2D eigenvalue weighted by atomic mass is 10.2. The van der Waals surface area contributed by atoms with Gasteiger partial charge >= 0.3 is 5.97 Å². The lowest BCUT2D eigenvalue weighted by Gasteiger charge is -2.04. The second-order valence-electron chi connectivity index (χ2n) is 3.50. The van der Waals surface area contributed by atoms with Gasteiger partial charge in [-0.1, -0.05) is 0 Å². The highest BCUT2D eigenvalue weighted by Gasteiger charge is 2.14. The summed E-state index contributed by atoms with van der Waals surface area (Å²) in [5.41, 5.74) is 4.83. The van der Waals surface area contributed by atoms with Crippen LogP contribution in [0.5, 0.6) is 0 Å². The number of carboxylic acids is 1. The van der Waals surface area contributed by atoms with Crippen molar-refractivity contribution in [2.45, 2.75) is 0 Å². The van der Waals surface area contributed by atoms with E-state index >= 15 is 0 Å². The van der Waals surface area contributed by atoms with Gasteiger partial charge in [0.2, 0.25) is 11.8 Å². The number of carboxylic acid groups (broad SMARTS) is 1. The van der Waals surface area contributed by atoms with Crippen molar-refractivity contribution in [1.29, 1.82) is 0 Å². The lowest BCUT2D eigenvalue weighted by molar-refractivity contribution is 0.0692. The molecule has 0 aliphatic carbocycles. The van der Waals surface area contributed by atoms with Gasteiger partial charge < -0.3 is 16.2 Å². The summed E-state index contributed by atoms with van der Waals surface area (Å²) in [6, 6.07) is 3.19. The molecule has 0 atom stereocenters. The number of nitrogens with two attached hydrogens (primary N) is 1. The summed E-state index contributed by atoms with van der Waals surface area (Å²) in [5, 5.41) is 16.7. The van der Waals surface area contributed by atoms with Crippen LogP contribution in [0.3, 0.4) is 0 Å². The van der Waals surface area contributed by atoms with Crippen LogP contribution in [0.1, 0.15) is 21.0 Å². The molecule has 0 saturated heterocycles. The van der Waals surface area contributed by atoms with E-state index < -0.39 is 23.3 Å². The fraction of sp³-hybridized carbons (Fsp3) is 0. The summed E-state index contributed by atoms with van der Waals surface area (Å²) >= 11 is 0. The zero-order valence-electron chi connectivity index (χ0n) is 9.35. The molecule has 0 unspecified atom stereocenters. The topological polar surface area (TPSA) is 134 Å². The van der Waals surface area contributed by atoms with E-state index in [0.29, 0.717) is 0 Å². The molecular weight excluding hydrogens is 257 g/mol. The van der Waals surface area contributed by atoms with E-state index in [4.69, 9.17) is 10.8 Å². The van der Waals surface area contributed by atoms with Crippen molar-refractivity contribution in [1.82, 2.24) is 15.2 Å². The third kappa shape index (κ3) is 2.65. The zero-order chi connectivity index (χ0) is 14.0. The first-order valence-electron chi connectivity index (χ1n) is 4.99. The Bertz CT molecular complexity index is 654. The van der Waals surface area contributed by atoms with Crippen LogP contribution in [0.2, 0.25) is 0 Å². The van der Waals surface area contributed by atoms with Gasteiger partial charge in [0, 0.05) is 5.69 Å². The largest absolute Gasteiger partial charge is 0.478 e. The molecule has 8 nitrogen and oxygen atoms in total. The molecule has 5 N–H and O–H groups in total. The molecule has 98 valence electrons. The van der Waals surface area contributed by atoms with Crippen LogP contribution in [0.15, 0.2) is 18.2 Å². The second-order valence-corrected chi connectivity index (χ2v) is 3.50. The van der Waals surface area contributed by atoms with E-state index in [1.165, 1.54) is 6.07 Å². The number of aromatic nitrogens is 3. The minimum atomic E-state index is -1.39. The van der Waals surface area contributed by atoms with E-state index in [0.717, 1.165) is 12.1 Å². The Labute approximate surface area is 105 Å². The number of carbonyl (C=O) groups is 2. The number of nitrogen functional groups attached to an aromatic ring is 1. The molecule has 2 aromatic rings. The smallest absolute Gasteiger partial charge is 0.338 e. The number of nitrogens with one attached hydrogen (secondary N) is 2. The Morgan fingerprint density at radius 2 is 2.16 bits per heavy atom. The first-order chi connectivity index (χ1) is 8.97. The van der Waals surface area contributed by atoms with E-state index in [2.05, 4.69) is 20.5 Å². The molecular formula is C10H8FN5O3. The maximum absolute atomic E-state index is 13.4. The Morgan fingerprint density at radius 3 is 2.68 bits per heavy atom. The van der Waals surface area contributed by atoms with Crippen molar-refractivity contribution in [2.75, 3.05) is 11.1 Å². The third-order valence-corrected chi connectivity index (χ3v) is 2.18. The van der Waals surface area contributed by atoms with Gasteiger partial charge in [-0.05, 0) is 18.2 Å². The number of nitrogens with zero attached hydrogens (tertiary/aromatic N) is 2. The SMILES string of the molecule is Nc1n[nH]c(C(=O)Nc2ccc(C(=O)O)c(F)c2)n1. The minimum Gasteiger partial charge on any atom is -0.478 e. The van der Waals surface area contributed by atoms with Crippen LogP contribution in [-0.2, 0) is 0 Å². The van der Waals surface area contributed by atoms with Gasteiger partial charge in [-0.2, -0.15) is 4.98 Å². The summed E-state index contributed by atoms with van der Waals surface area (Å²) in [6.45, 7) is 0. The zero-order valence-corrected chi connectivity index (χ0v) is 9.35. The van der Waals surface area contributed by atoms with Crippen molar-refractivity contribution in [3.63, 3.8) is 0 Å². The number of rotatable bonds is 3. The predicted octanol–water partition coefficient (Wildman–Crippen LogP) is 0.476. The molecule has 0 aliphatic rings. The van der Waals surface area contributed by atoms with Crippen LogP contribution < -0.4 is 11.1 Å². The highest BCUT2D eigenvalue weighted by atomic mass is 19.1. The second kappa shape index (κ2) is 4.72. The molecule has 1 heterocycles. The third-order valence-electron chi connectivity index (χ3n) is 2.18. The molecule has 0 fully saturated rings. The van der Waals surface area contributed by atoms with Crippen molar-refractivity contribution in [3.8, 4) is 0 Å². The molecule has 0 saturated carbocycles. The molecule has 0 spiro atoms. The van der Waals surface area contributed by atoms with Crippen LogP contribution in [0.25, 0.3) is 0 Å². The molecule has 9 heteroatoms. The normalized spacial score (nSPS) is 10.2. The number of hydrogen-bond acceptors (Lipinski definition) is 5. The molecule has 0 bridgehead atoms. The molecule has 1 aromatic heterocycles. The first-order valence-corrected chi connectivity index (χ1v) is 4.99. The first kappa shape index (κ1) is 12.5. The number of halogens is 1. The molecule has 2 rings (SSSR count). The monoisotopic (exact) mass is 265 g/mol. The van der Waals surface area contributed by atoms with Gasteiger partial charge in [0.15, 0.2) is 0 Å². The Kier molecular flexibility index (Phi) is 3.10. The number of hydrogen-bond donors (Lipinski definition) is 4. The molecule has 0 radical (unpaired) electrons. The fourth-order valence-corrected chi connectivity index (χ4v) is 1.33. The average molecular weight is 265 g/mol. The minimum absolute atomic E-state index is 0.0856. The summed E-state index contributed by atoms with van der Waals surface area (Å²) in [7, 11) is 0. The van der Waals surface area contributed by atoms with Gasteiger partial charge in [0.05, 0.1) is 5.56 Å². The standard InChI is InChI=1S/C10H8FN5O3/c11-6-3-4(1-2-5(6)9(18)19)13-8(17)7-14-10(12)16-15-7/h1-3H,(H,13,17)(H,18,19)(H3,12,14,15,16). The summed E-state index contributed by atoms with van der Waals surface area (Å²) < 4.78 is 13.4. The summed E-state index contributed by atoms with van der Waals surface area (Å²) in [4.78, 5) is 25.8. The number of aromatic carboxylic acids is 1. The van der Waals surface area contributed by atoms with Gasteiger partial charge in [-0.25, -0.2) is 9.18 Å². The maximum Gasteiger partial charge on any atom is 0.338 e. The van der Waals surface area contributed by atoms with Crippen molar-refractivity contribution < 1.29 is 19.1 Å². The number of carbonyl (C=O) groups excluding carboxylic acids is 1. The van der Waals surface area contributed by atoms with Crippen molar-refractivity contribution >= 4 is 23.5 Å². The molecule has 1 amide bonds. The molecule has 1 aromatic carbocycles. The van der Waals surface area contributed by atoms with E-state index in [1.807, 2.05) is 0 Å². The number of aromatic amines is 1. The lowest BCUT2D eigenvalue weighted by Crippen LogP contribution is -2.14. The quantitative estimate of drug-likeness (QED) is 0.637. The molecule has 19 heavy (non-hydrogen) atoms. The number of H-pyrrole nitrogens is 1.